The Bertz CT molecular complexity index is 1050. The molecule has 30 heavy (non-hydrogen) atoms. The number of fused-ring (bicyclic) bond motifs is 2. The molecule has 6 nitrogen and oxygen atoms in total. The van der Waals surface area contributed by atoms with E-state index < -0.39 is 0 Å². The van der Waals surface area contributed by atoms with Gasteiger partial charge in [-0.3, -0.25) is 0 Å². The summed E-state index contributed by atoms with van der Waals surface area (Å²) in [5.74, 6) is 1.13. The van der Waals surface area contributed by atoms with Crippen LogP contribution >= 0.6 is 0 Å². The van der Waals surface area contributed by atoms with Crippen molar-refractivity contribution in [2.45, 2.75) is 31.6 Å². The highest BCUT2D eigenvalue weighted by Gasteiger charge is 2.39. The lowest BCUT2D eigenvalue weighted by Crippen LogP contribution is -2.21. The fourth-order valence-corrected chi connectivity index (χ4v) is 4.90. The SMILES string of the molecule is COc1cc([C@H]2C3=C(COC3=O)Nc3cc4c(cc32)CCCC4)cc(OC)c1OC. The molecule has 0 amide bonds. The molecule has 0 saturated carbocycles. The summed E-state index contributed by atoms with van der Waals surface area (Å²) in [6, 6.07) is 8.37. The normalized spacial score (nSPS) is 19.3. The van der Waals surface area contributed by atoms with Crippen molar-refractivity contribution in [1.82, 2.24) is 0 Å². The highest BCUT2D eigenvalue weighted by atomic mass is 16.5. The molecule has 3 aliphatic rings. The minimum absolute atomic E-state index is 0.257. The van der Waals surface area contributed by atoms with Crippen molar-refractivity contribution in [2.75, 3.05) is 33.3 Å². The molecular formula is C24H25NO5. The third-order valence-corrected chi connectivity index (χ3v) is 6.31. The van der Waals surface area contributed by atoms with Gasteiger partial charge in [-0.2, -0.15) is 0 Å². The third kappa shape index (κ3) is 2.82. The second kappa shape index (κ2) is 7.27. The number of hydrogen-bond donors (Lipinski definition) is 1. The van der Waals surface area contributed by atoms with E-state index in [4.69, 9.17) is 18.9 Å². The minimum Gasteiger partial charge on any atom is -0.493 e. The molecule has 0 bridgehead atoms. The van der Waals surface area contributed by atoms with Gasteiger partial charge in [-0.25, -0.2) is 4.79 Å². The maximum absolute atomic E-state index is 12.7. The number of rotatable bonds is 4. The molecule has 156 valence electrons. The van der Waals surface area contributed by atoms with Gasteiger partial charge in [-0.1, -0.05) is 6.07 Å². The molecule has 2 aromatic carbocycles. The van der Waals surface area contributed by atoms with Crippen molar-refractivity contribution in [3.63, 3.8) is 0 Å². The van der Waals surface area contributed by atoms with Crippen LogP contribution in [-0.2, 0) is 22.4 Å². The van der Waals surface area contributed by atoms with E-state index in [1.807, 2.05) is 12.1 Å². The number of nitrogens with one attached hydrogen (secondary N) is 1. The highest BCUT2D eigenvalue weighted by molar-refractivity contribution is 5.97. The summed E-state index contributed by atoms with van der Waals surface area (Å²) in [6.07, 6.45) is 4.59. The number of carbonyl (C=O) groups is 1. The van der Waals surface area contributed by atoms with Crippen LogP contribution in [0.1, 0.15) is 41.0 Å². The van der Waals surface area contributed by atoms with Gasteiger partial charge >= 0.3 is 5.97 Å². The van der Waals surface area contributed by atoms with Crippen LogP contribution in [0, 0.1) is 0 Å². The molecule has 0 unspecified atom stereocenters. The predicted molar refractivity (Wildman–Crippen MR) is 113 cm³/mol. The minimum atomic E-state index is -0.278. The number of benzene rings is 2. The Morgan fingerprint density at radius 2 is 1.60 bits per heavy atom. The molecule has 6 heteroatoms. The van der Waals surface area contributed by atoms with Crippen LogP contribution in [0.15, 0.2) is 35.5 Å². The molecule has 0 spiro atoms. The van der Waals surface area contributed by atoms with E-state index in [2.05, 4.69) is 17.4 Å². The average Bonchev–Trinajstić information content (AvgIpc) is 3.15. The molecule has 0 fully saturated rings. The van der Waals surface area contributed by atoms with Crippen molar-refractivity contribution < 1.29 is 23.7 Å². The van der Waals surface area contributed by atoms with Gasteiger partial charge in [0.25, 0.3) is 0 Å². The summed E-state index contributed by atoms with van der Waals surface area (Å²) in [7, 11) is 4.78. The van der Waals surface area contributed by atoms with Crippen molar-refractivity contribution in [1.29, 1.82) is 0 Å². The van der Waals surface area contributed by atoms with Gasteiger partial charge in [0, 0.05) is 11.6 Å². The Morgan fingerprint density at radius 1 is 0.933 bits per heavy atom. The Morgan fingerprint density at radius 3 is 2.23 bits per heavy atom. The monoisotopic (exact) mass is 407 g/mol. The van der Waals surface area contributed by atoms with E-state index in [0.717, 1.165) is 35.4 Å². The van der Waals surface area contributed by atoms with E-state index >= 15 is 0 Å². The van der Waals surface area contributed by atoms with Crippen LogP contribution in [0.5, 0.6) is 17.2 Å². The molecule has 1 N–H and O–H groups in total. The van der Waals surface area contributed by atoms with E-state index in [0.29, 0.717) is 22.8 Å². The van der Waals surface area contributed by atoms with Gasteiger partial charge in [0.15, 0.2) is 11.5 Å². The molecule has 2 heterocycles. The quantitative estimate of drug-likeness (QED) is 0.774. The first-order valence-corrected chi connectivity index (χ1v) is 10.3. The highest BCUT2D eigenvalue weighted by Crippen LogP contribution is 2.49. The van der Waals surface area contributed by atoms with Crippen LogP contribution in [0.25, 0.3) is 0 Å². The van der Waals surface area contributed by atoms with E-state index in [-0.39, 0.29) is 18.5 Å². The fraction of sp³-hybridized carbons (Fsp3) is 0.375. The maximum atomic E-state index is 12.7. The molecule has 1 atom stereocenters. The number of methoxy groups -OCH3 is 3. The second-order valence-corrected chi connectivity index (χ2v) is 7.90. The first kappa shape index (κ1) is 18.9. The molecule has 2 aliphatic heterocycles. The lowest BCUT2D eigenvalue weighted by Gasteiger charge is -2.30. The van der Waals surface area contributed by atoms with Crippen molar-refractivity contribution >= 4 is 11.7 Å². The number of anilines is 1. The van der Waals surface area contributed by atoms with Crippen molar-refractivity contribution in [3.05, 3.63) is 57.8 Å². The zero-order chi connectivity index (χ0) is 20.8. The van der Waals surface area contributed by atoms with Gasteiger partial charge in [-0.15, -0.1) is 0 Å². The summed E-state index contributed by atoms with van der Waals surface area (Å²) in [5.41, 5.74) is 7.30. The predicted octanol–water partition coefficient (Wildman–Crippen LogP) is 3.96. The number of ether oxygens (including phenoxy) is 4. The Kier molecular flexibility index (Phi) is 4.57. The Labute approximate surface area is 175 Å². The Hall–Kier alpha value is -3.15. The average molecular weight is 407 g/mol. The molecule has 0 saturated heterocycles. The number of carbonyl (C=O) groups excluding carboxylic acids is 1. The zero-order valence-corrected chi connectivity index (χ0v) is 17.5. The number of hydrogen-bond acceptors (Lipinski definition) is 6. The topological polar surface area (TPSA) is 66.0 Å². The van der Waals surface area contributed by atoms with Gasteiger partial charge in [0.05, 0.1) is 32.6 Å². The lowest BCUT2D eigenvalue weighted by molar-refractivity contribution is -0.136. The zero-order valence-electron chi connectivity index (χ0n) is 17.5. The summed E-state index contributed by atoms with van der Waals surface area (Å²) >= 11 is 0. The largest absolute Gasteiger partial charge is 0.493 e. The molecule has 0 radical (unpaired) electrons. The standard InChI is InChI=1S/C24H25NO5/c1-27-19-10-15(11-20(28-2)23(19)29-3)21-16-8-13-6-4-5-7-14(13)9-17(16)25-18-12-30-24(26)22(18)21/h8-11,21,25H,4-7,12H2,1-3H3/t21-/m1/s1. The van der Waals surface area contributed by atoms with Crippen LogP contribution in [0.2, 0.25) is 0 Å². The van der Waals surface area contributed by atoms with Crippen molar-refractivity contribution in [2.24, 2.45) is 0 Å². The first-order chi connectivity index (χ1) is 14.6. The first-order valence-electron chi connectivity index (χ1n) is 10.3. The molecular weight excluding hydrogens is 382 g/mol. The third-order valence-electron chi connectivity index (χ3n) is 6.31. The lowest BCUT2D eigenvalue weighted by atomic mass is 9.78. The summed E-state index contributed by atoms with van der Waals surface area (Å²) < 4.78 is 22.0. The van der Waals surface area contributed by atoms with E-state index in [9.17, 15) is 4.79 Å². The molecule has 2 aromatic rings. The second-order valence-electron chi connectivity index (χ2n) is 7.90. The van der Waals surface area contributed by atoms with Crippen LogP contribution < -0.4 is 19.5 Å². The molecule has 1 aliphatic carbocycles. The van der Waals surface area contributed by atoms with Crippen molar-refractivity contribution in [3.8, 4) is 17.2 Å². The smallest absolute Gasteiger partial charge is 0.337 e. The molecule has 5 rings (SSSR count). The number of esters is 1. The van der Waals surface area contributed by atoms with Gasteiger partial charge in [0.2, 0.25) is 5.75 Å². The van der Waals surface area contributed by atoms with Gasteiger partial charge < -0.3 is 24.3 Å². The van der Waals surface area contributed by atoms with Gasteiger partial charge in [-0.05, 0) is 66.1 Å². The van der Waals surface area contributed by atoms with Crippen LogP contribution in [0.3, 0.4) is 0 Å². The maximum Gasteiger partial charge on any atom is 0.337 e. The van der Waals surface area contributed by atoms with E-state index in [1.165, 1.54) is 24.0 Å². The Balaban J connectivity index is 1.73. The summed E-state index contributed by atoms with van der Waals surface area (Å²) in [5, 5.41) is 3.47. The molecule has 0 aromatic heterocycles. The number of cyclic esters (lactones) is 1. The number of aryl methyl sites for hydroxylation is 2. The van der Waals surface area contributed by atoms with E-state index in [1.54, 1.807) is 21.3 Å². The fourth-order valence-electron chi connectivity index (χ4n) is 4.90. The summed E-state index contributed by atoms with van der Waals surface area (Å²) in [4.78, 5) is 12.7. The van der Waals surface area contributed by atoms with Crippen LogP contribution in [0.4, 0.5) is 5.69 Å². The van der Waals surface area contributed by atoms with Crippen LogP contribution in [-0.4, -0.2) is 33.9 Å². The van der Waals surface area contributed by atoms with Gasteiger partial charge in [0.1, 0.15) is 6.61 Å². The summed E-state index contributed by atoms with van der Waals surface area (Å²) in [6.45, 7) is 0.269.